The third-order valence-electron chi connectivity index (χ3n) is 3.27. The van der Waals surface area contributed by atoms with Crippen molar-refractivity contribution < 1.29 is 14.6 Å². The van der Waals surface area contributed by atoms with Gasteiger partial charge in [0.15, 0.2) is 0 Å². The lowest BCUT2D eigenvalue weighted by molar-refractivity contribution is -0.145. The second-order valence-corrected chi connectivity index (χ2v) is 4.58. The molecule has 2 atom stereocenters. The lowest BCUT2D eigenvalue weighted by atomic mass is 9.89. The van der Waals surface area contributed by atoms with Crippen LogP contribution in [0.2, 0.25) is 0 Å². The van der Waals surface area contributed by atoms with Crippen LogP contribution >= 0.6 is 0 Å². The number of carboxylic acids is 1. The lowest BCUT2D eigenvalue weighted by Crippen LogP contribution is -2.36. The lowest BCUT2D eigenvalue weighted by Gasteiger charge is -2.30. The molecule has 0 saturated carbocycles. The Hall–Kier alpha value is -1.55. The molecule has 1 aliphatic rings. The molecule has 1 aromatic rings. The average molecular weight is 235 g/mol. The van der Waals surface area contributed by atoms with Crippen LogP contribution in [0.25, 0.3) is 0 Å². The van der Waals surface area contributed by atoms with Gasteiger partial charge in [-0.1, -0.05) is 12.1 Å². The molecule has 0 radical (unpaired) electrons. The summed E-state index contributed by atoms with van der Waals surface area (Å²) in [6.07, 6.45) is 0.225. The Labute approximate surface area is 100 Å². The standard InChI is InChI=1S/C13H17NO3/c1-7-3-9(6-14)4-10-5-11(13(15)16)8(2)17-12(7)10/h3-4,8,11H,5-6,14H2,1-2H3,(H,15,16). The van der Waals surface area contributed by atoms with Gasteiger partial charge in [-0.15, -0.1) is 0 Å². The van der Waals surface area contributed by atoms with Gasteiger partial charge in [0, 0.05) is 6.54 Å². The Morgan fingerprint density at radius 1 is 1.59 bits per heavy atom. The van der Waals surface area contributed by atoms with Crippen molar-refractivity contribution in [3.63, 3.8) is 0 Å². The number of carboxylic acid groups (broad SMARTS) is 1. The Bertz CT molecular complexity index is 456. The third-order valence-corrected chi connectivity index (χ3v) is 3.27. The highest BCUT2D eigenvalue weighted by atomic mass is 16.5. The highest BCUT2D eigenvalue weighted by Gasteiger charge is 2.33. The van der Waals surface area contributed by atoms with Crippen LogP contribution in [0, 0.1) is 12.8 Å². The van der Waals surface area contributed by atoms with Crippen molar-refractivity contribution >= 4 is 5.97 Å². The number of fused-ring (bicyclic) bond motifs is 1. The van der Waals surface area contributed by atoms with E-state index < -0.39 is 11.9 Å². The first-order valence-electron chi connectivity index (χ1n) is 5.75. The molecule has 1 aliphatic heterocycles. The molecule has 17 heavy (non-hydrogen) atoms. The van der Waals surface area contributed by atoms with Gasteiger partial charge in [0.1, 0.15) is 11.9 Å². The van der Waals surface area contributed by atoms with Crippen LogP contribution in [0.5, 0.6) is 5.75 Å². The number of aryl methyl sites for hydroxylation is 1. The van der Waals surface area contributed by atoms with Crippen LogP contribution in [0.4, 0.5) is 0 Å². The highest BCUT2D eigenvalue weighted by molar-refractivity contribution is 5.72. The molecular formula is C13H17NO3. The molecular weight excluding hydrogens is 218 g/mol. The number of aliphatic carboxylic acids is 1. The van der Waals surface area contributed by atoms with Crippen molar-refractivity contribution in [1.29, 1.82) is 0 Å². The van der Waals surface area contributed by atoms with Crippen molar-refractivity contribution in [2.24, 2.45) is 11.7 Å². The molecule has 4 heteroatoms. The van der Waals surface area contributed by atoms with Gasteiger partial charge in [0.05, 0.1) is 5.92 Å². The molecule has 0 aromatic heterocycles. The van der Waals surface area contributed by atoms with Crippen LogP contribution < -0.4 is 10.5 Å². The average Bonchev–Trinajstić information content (AvgIpc) is 2.28. The summed E-state index contributed by atoms with van der Waals surface area (Å²) >= 11 is 0. The number of hydrogen-bond acceptors (Lipinski definition) is 3. The molecule has 0 fully saturated rings. The fraction of sp³-hybridized carbons (Fsp3) is 0.462. The molecule has 92 valence electrons. The van der Waals surface area contributed by atoms with E-state index in [1.165, 1.54) is 0 Å². The van der Waals surface area contributed by atoms with Crippen LogP contribution in [-0.2, 0) is 17.8 Å². The maximum Gasteiger partial charge on any atom is 0.310 e. The van der Waals surface area contributed by atoms with E-state index in [1.54, 1.807) is 6.92 Å². The van der Waals surface area contributed by atoms with E-state index >= 15 is 0 Å². The predicted molar refractivity (Wildman–Crippen MR) is 64.0 cm³/mol. The van der Waals surface area contributed by atoms with E-state index in [-0.39, 0.29) is 6.10 Å². The van der Waals surface area contributed by atoms with E-state index in [2.05, 4.69) is 0 Å². The number of benzene rings is 1. The first-order chi connectivity index (χ1) is 8.02. The first kappa shape index (κ1) is 11.9. The molecule has 1 heterocycles. The molecule has 0 aliphatic carbocycles. The van der Waals surface area contributed by atoms with Crippen molar-refractivity contribution in [1.82, 2.24) is 0 Å². The first-order valence-corrected chi connectivity index (χ1v) is 5.75. The highest BCUT2D eigenvalue weighted by Crippen LogP contribution is 2.34. The smallest absolute Gasteiger partial charge is 0.310 e. The summed E-state index contributed by atoms with van der Waals surface area (Å²) in [7, 11) is 0. The molecule has 4 nitrogen and oxygen atoms in total. The van der Waals surface area contributed by atoms with Gasteiger partial charge >= 0.3 is 5.97 Å². The summed E-state index contributed by atoms with van der Waals surface area (Å²) in [5, 5.41) is 9.13. The van der Waals surface area contributed by atoms with Crippen LogP contribution in [0.1, 0.15) is 23.6 Å². The fourth-order valence-electron chi connectivity index (χ4n) is 2.33. The summed E-state index contributed by atoms with van der Waals surface area (Å²) in [5.41, 5.74) is 8.61. The van der Waals surface area contributed by atoms with E-state index in [9.17, 15) is 4.79 Å². The number of nitrogens with two attached hydrogens (primary N) is 1. The Morgan fingerprint density at radius 2 is 2.29 bits per heavy atom. The molecule has 0 amide bonds. The van der Waals surface area contributed by atoms with E-state index in [4.69, 9.17) is 15.6 Å². The Morgan fingerprint density at radius 3 is 2.88 bits per heavy atom. The molecule has 1 aromatic carbocycles. The van der Waals surface area contributed by atoms with Gasteiger partial charge in [-0.25, -0.2) is 0 Å². The third kappa shape index (κ3) is 2.13. The summed E-state index contributed by atoms with van der Waals surface area (Å²) < 4.78 is 5.71. The second-order valence-electron chi connectivity index (χ2n) is 4.58. The Balaban J connectivity index is 2.41. The minimum atomic E-state index is -0.807. The van der Waals surface area contributed by atoms with Crippen LogP contribution in [0.15, 0.2) is 12.1 Å². The maximum absolute atomic E-state index is 11.1. The monoisotopic (exact) mass is 235 g/mol. The molecule has 0 saturated heterocycles. The van der Waals surface area contributed by atoms with Crippen molar-refractivity contribution in [2.45, 2.75) is 32.9 Å². The van der Waals surface area contributed by atoms with Crippen molar-refractivity contribution in [3.05, 3.63) is 28.8 Å². The maximum atomic E-state index is 11.1. The molecule has 0 bridgehead atoms. The van der Waals surface area contributed by atoms with Crippen LogP contribution in [-0.4, -0.2) is 17.2 Å². The number of rotatable bonds is 2. The predicted octanol–water partition coefficient (Wildman–Crippen LogP) is 1.48. The van der Waals surface area contributed by atoms with Gasteiger partial charge in [0.2, 0.25) is 0 Å². The van der Waals surface area contributed by atoms with Gasteiger partial charge in [-0.2, -0.15) is 0 Å². The van der Waals surface area contributed by atoms with E-state index in [0.717, 1.165) is 22.4 Å². The van der Waals surface area contributed by atoms with Gasteiger partial charge in [-0.3, -0.25) is 4.79 Å². The largest absolute Gasteiger partial charge is 0.489 e. The zero-order chi connectivity index (χ0) is 12.6. The molecule has 2 rings (SSSR count). The second kappa shape index (κ2) is 4.37. The number of ether oxygens (including phenoxy) is 1. The fourth-order valence-corrected chi connectivity index (χ4v) is 2.33. The normalized spacial score (nSPS) is 22.8. The van der Waals surface area contributed by atoms with Crippen molar-refractivity contribution in [3.8, 4) is 5.75 Å². The summed E-state index contributed by atoms with van der Waals surface area (Å²) in [4.78, 5) is 11.1. The minimum Gasteiger partial charge on any atom is -0.489 e. The van der Waals surface area contributed by atoms with Crippen molar-refractivity contribution in [2.75, 3.05) is 0 Å². The Kier molecular flexibility index (Phi) is 3.07. The van der Waals surface area contributed by atoms with Gasteiger partial charge < -0.3 is 15.6 Å². The molecule has 2 unspecified atom stereocenters. The number of carbonyl (C=O) groups is 1. The number of hydrogen-bond donors (Lipinski definition) is 2. The SMILES string of the molecule is Cc1cc(CN)cc2c1OC(C)C(C(=O)O)C2. The quantitative estimate of drug-likeness (QED) is 0.814. The van der Waals surface area contributed by atoms with Gasteiger partial charge in [-0.05, 0) is 37.0 Å². The molecule has 0 spiro atoms. The van der Waals surface area contributed by atoms with E-state index in [0.29, 0.717) is 13.0 Å². The molecule has 3 N–H and O–H groups in total. The topological polar surface area (TPSA) is 72.5 Å². The summed E-state index contributed by atoms with van der Waals surface area (Å²) in [5.74, 6) is -0.457. The van der Waals surface area contributed by atoms with E-state index in [1.807, 2.05) is 19.1 Å². The summed E-state index contributed by atoms with van der Waals surface area (Å²) in [6.45, 7) is 4.23. The zero-order valence-corrected chi connectivity index (χ0v) is 10.1. The minimum absolute atomic E-state index is 0.289. The zero-order valence-electron chi connectivity index (χ0n) is 10.1. The summed E-state index contributed by atoms with van der Waals surface area (Å²) in [6, 6.07) is 3.94. The van der Waals surface area contributed by atoms with Crippen LogP contribution in [0.3, 0.4) is 0 Å². The van der Waals surface area contributed by atoms with Gasteiger partial charge in [0.25, 0.3) is 0 Å².